The number of aliphatic imine (C=N–C) groups is 1. The lowest BCUT2D eigenvalue weighted by Gasteiger charge is -2.27. The molecule has 2 aliphatic heterocycles. The van der Waals surface area contributed by atoms with Crippen LogP contribution >= 0.6 is 11.8 Å². The monoisotopic (exact) mass is 462 g/mol. The molecule has 0 amide bonds. The van der Waals surface area contributed by atoms with Gasteiger partial charge in [0.05, 0.1) is 29.0 Å². The van der Waals surface area contributed by atoms with Crippen LogP contribution in [0.3, 0.4) is 0 Å². The van der Waals surface area contributed by atoms with Crippen LogP contribution in [-0.2, 0) is 20.7 Å². The fraction of sp³-hybridized carbons (Fsp3) is 0.565. The number of thioether (sulfide) groups is 1. The number of nitrogens with zero attached hydrogens (tertiary/aromatic N) is 1. The van der Waals surface area contributed by atoms with Gasteiger partial charge < -0.3 is 20.3 Å². The molecular weight excluding hydrogens is 432 g/mol. The van der Waals surface area contributed by atoms with E-state index in [4.69, 9.17) is 9.84 Å². The fourth-order valence-electron chi connectivity index (χ4n) is 4.35. The number of hydrogen-bond acceptors (Lipinski definition) is 8. The second-order valence-corrected chi connectivity index (χ2v) is 10.1. The third kappa shape index (κ3) is 5.57. The van der Waals surface area contributed by atoms with Crippen LogP contribution in [0, 0.1) is 11.8 Å². The Bertz CT molecular complexity index is 889. The van der Waals surface area contributed by atoms with Crippen molar-refractivity contribution in [1.82, 2.24) is 5.32 Å². The van der Waals surface area contributed by atoms with E-state index >= 15 is 0 Å². The lowest BCUT2D eigenvalue weighted by molar-refractivity contribution is -0.122. The normalized spacial score (nSPS) is 29.2. The van der Waals surface area contributed by atoms with Crippen molar-refractivity contribution in [2.45, 2.75) is 62.3 Å². The molecule has 7 atom stereocenters. The first kappa shape index (κ1) is 24.4. The average Bonchev–Trinajstić information content (AvgIpc) is 3.34. The molecule has 0 spiro atoms. The number of aromatic carboxylic acids is 1. The number of ether oxygens (including phenoxy) is 1. The summed E-state index contributed by atoms with van der Waals surface area (Å²) in [5.41, 5.74) is 0.849. The highest BCUT2D eigenvalue weighted by Crippen LogP contribution is 2.39. The van der Waals surface area contributed by atoms with Crippen molar-refractivity contribution < 1.29 is 29.3 Å². The van der Waals surface area contributed by atoms with Gasteiger partial charge in [0.25, 0.3) is 6.47 Å². The molecule has 174 valence electrons. The van der Waals surface area contributed by atoms with Crippen molar-refractivity contribution in [2.75, 3.05) is 6.54 Å². The van der Waals surface area contributed by atoms with E-state index in [1.54, 1.807) is 30.8 Å². The van der Waals surface area contributed by atoms with Crippen molar-refractivity contribution in [3.8, 4) is 0 Å². The molecule has 32 heavy (non-hydrogen) atoms. The first-order chi connectivity index (χ1) is 15.2. The summed E-state index contributed by atoms with van der Waals surface area (Å²) < 4.78 is 5.17. The first-order valence-corrected chi connectivity index (χ1v) is 11.7. The maximum atomic E-state index is 12.8. The predicted molar refractivity (Wildman–Crippen MR) is 122 cm³/mol. The molecule has 1 fully saturated rings. The summed E-state index contributed by atoms with van der Waals surface area (Å²) in [6, 6.07) is 5.99. The molecule has 8 nitrogen and oxygen atoms in total. The highest BCUT2D eigenvalue weighted by Gasteiger charge is 2.43. The number of aliphatic hydroxyl groups excluding tert-OH is 1. The standard InChI is InChI=1S/C23H30N2O6S/c1-12(14(3)27)20-13(2)21(22(25-20)31-11-26)32-17-9-18(24-10-17)19(28)8-15-5-4-6-16(7-15)23(29)30/h4-7,11-14,17-18,20-21,24,27H,8-10H2,1-3H3,(H,29,30)/t12-,13-,14-,17+,18+,20?,21?/m1/s1. The highest BCUT2D eigenvalue weighted by molar-refractivity contribution is 8.01. The second kappa shape index (κ2) is 10.6. The zero-order valence-corrected chi connectivity index (χ0v) is 19.2. The zero-order valence-electron chi connectivity index (χ0n) is 18.4. The van der Waals surface area contributed by atoms with Crippen LogP contribution in [0.5, 0.6) is 0 Å². The summed E-state index contributed by atoms with van der Waals surface area (Å²) in [4.78, 5) is 39.5. The highest BCUT2D eigenvalue weighted by atomic mass is 32.2. The Morgan fingerprint density at radius 2 is 2.12 bits per heavy atom. The molecule has 2 unspecified atom stereocenters. The number of nitrogens with one attached hydrogen (secondary N) is 1. The van der Waals surface area contributed by atoms with Crippen molar-refractivity contribution in [3.63, 3.8) is 0 Å². The quantitative estimate of drug-likeness (QED) is 0.476. The summed E-state index contributed by atoms with van der Waals surface area (Å²) in [5.74, 6) is -0.603. The minimum atomic E-state index is -1.02. The van der Waals surface area contributed by atoms with Crippen LogP contribution in [0.1, 0.15) is 43.1 Å². The molecule has 0 aromatic heterocycles. The van der Waals surface area contributed by atoms with Crippen LogP contribution in [-0.4, -0.2) is 69.6 Å². The van der Waals surface area contributed by atoms with Crippen LogP contribution in [0.25, 0.3) is 0 Å². The molecule has 3 rings (SSSR count). The van der Waals surface area contributed by atoms with Gasteiger partial charge in [-0.25, -0.2) is 4.79 Å². The molecule has 0 bridgehead atoms. The minimum Gasteiger partial charge on any atom is -0.478 e. The van der Waals surface area contributed by atoms with E-state index in [1.165, 1.54) is 12.1 Å². The number of rotatable bonds is 9. The number of benzene rings is 1. The minimum absolute atomic E-state index is 0.0220. The van der Waals surface area contributed by atoms with E-state index in [0.717, 1.165) is 0 Å². The summed E-state index contributed by atoms with van der Waals surface area (Å²) >= 11 is 1.65. The van der Waals surface area contributed by atoms with E-state index in [1.807, 2.05) is 13.8 Å². The molecule has 0 aliphatic carbocycles. The Morgan fingerprint density at radius 1 is 1.38 bits per heavy atom. The van der Waals surface area contributed by atoms with Crippen LogP contribution in [0.4, 0.5) is 0 Å². The molecule has 3 N–H and O–H groups in total. The van der Waals surface area contributed by atoms with Gasteiger partial charge in [-0.15, -0.1) is 11.8 Å². The maximum Gasteiger partial charge on any atom is 0.335 e. The molecule has 0 radical (unpaired) electrons. The van der Waals surface area contributed by atoms with Crippen molar-refractivity contribution >= 4 is 35.9 Å². The molecule has 0 saturated carbocycles. The van der Waals surface area contributed by atoms with Gasteiger partial charge in [-0.1, -0.05) is 26.0 Å². The van der Waals surface area contributed by atoms with Crippen LogP contribution in [0.2, 0.25) is 0 Å². The largest absolute Gasteiger partial charge is 0.478 e. The molecule has 1 aromatic carbocycles. The van der Waals surface area contributed by atoms with Crippen molar-refractivity contribution in [3.05, 3.63) is 35.4 Å². The van der Waals surface area contributed by atoms with Gasteiger partial charge in [0.1, 0.15) is 0 Å². The Balaban J connectivity index is 1.60. The predicted octanol–water partition coefficient (Wildman–Crippen LogP) is 1.94. The lowest BCUT2D eigenvalue weighted by atomic mass is 9.88. The van der Waals surface area contributed by atoms with E-state index in [2.05, 4.69) is 10.3 Å². The van der Waals surface area contributed by atoms with Gasteiger partial charge in [0.2, 0.25) is 5.90 Å². The van der Waals surface area contributed by atoms with E-state index in [-0.39, 0.29) is 52.2 Å². The number of aliphatic hydroxyl groups is 1. The third-order valence-corrected chi connectivity index (χ3v) is 8.04. The fourth-order valence-corrected chi connectivity index (χ4v) is 5.90. The summed E-state index contributed by atoms with van der Waals surface area (Å²) in [6.07, 6.45) is 0.281. The maximum absolute atomic E-state index is 12.8. The van der Waals surface area contributed by atoms with Crippen molar-refractivity contribution in [2.24, 2.45) is 16.8 Å². The number of hydrogen-bond donors (Lipinski definition) is 3. The van der Waals surface area contributed by atoms with Crippen LogP contribution < -0.4 is 5.32 Å². The van der Waals surface area contributed by atoms with Gasteiger partial charge in [-0.05, 0) is 37.0 Å². The Hall–Kier alpha value is -2.23. The number of carboxylic acids is 1. The Morgan fingerprint density at radius 3 is 2.78 bits per heavy atom. The summed E-state index contributed by atoms with van der Waals surface area (Å²) in [7, 11) is 0. The topological polar surface area (TPSA) is 125 Å². The SMILES string of the molecule is C[C@H]1C(S[C@@H]2CN[C@H](C(=O)Cc3cccc(C(=O)O)c3)C2)C(OC=O)=NC1[C@H](C)[C@@H](C)O. The Kier molecular flexibility index (Phi) is 8.08. The molecule has 2 heterocycles. The second-order valence-electron chi connectivity index (χ2n) is 8.65. The van der Waals surface area contributed by atoms with Crippen LogP contribution in [0.15, 0.2) is 29.3 Å². The smallest absolute Gasteiger partial charge is 0.335 e. The number of ketones is 1. The lowest BCUT2D eigenvalue weighted by Crippen LogP contribution is -2.33. The summed E-state index contributed by atoms with van der Waals surface area (Å²) in [6.45, 7) is 6.75. The number of Topliss-reactive ketones (excluding diaryl/α,β-unsaturated/α-hetero) is 1. The van der Waals surface area contributed by atoms with E-state index in [0.29, 0.717) is 30.9 Å². The summed E-state index contributed by atoms with van der Waals surface area (Å²) in [5, 5.41) is 22.4. The average molecular weight is 463 g/mol. The Labute approximate surface area is 191 Å². The molecule has 2 aliphatic rings. The molecular formula is C23H30N2O6S. The van der Waals surface area contributed by atoms with E-state index in [9.17, 15) is 19.5 Å². The van der Waals surface area contributed by atoms with Gasteiger partial charge >= 0.3 is 5.97 Å². The number of carbonyl (C=O) groups is 3. The number of carbonyl (C=O) groups excluding carboxylic acids is 2. The van der Waals surface area contributed by atoms with Gasteiger partial charge in [0.15, 0.2) is 5.78 Å². The molecule has 1 saturated heterocycles. The molecule has 1 aromatic rings. The zero-order chi connectivity index (χ0) is 23.4. The van der Waals surface area contributed by atoms with Gasteiger partial charge in [0, 0.05) is 24.1 Å². The first-order valence-electron chi connectivity index (χ1n) is 10.8. The third-order valence-electron chi connectivity index (χ3n) is 6.37. The van der Waals surface area contributed by atoms with Gasteiger partial charge in [-0.2, -0.15) is 0 Å². The van der Waals surface area contributed by atoms with Crippen molar-refractivity contribution in [1.29, 1.82) is 0 Å². The van der Waals surface area contributed by atoms with Gasteiger partial charge in [-0.3, -0.25) is 14.6 Å². The number of carboxylic acid groups (broad SMARTS) is 1. The van der Waals surface area contributed by atoms with E-state index < -0.39 is 12.1 Å². The molecule has 9 heteroatoms.